The fourth-order valence-corrected chi connectivity index (χ4v) is 5.40. The van der Waals surface area contributed by atoms with Crippen molar-refractivity contribution in [2.45, 2.75) is 13.8 Å². The number of halogens is 2. The number of benzene rings is 3. The van der Waals surface area contributed by atoms with Crippen LogP contribution in [-0.4, -0.2) is 16.2 Å². The van der Waals surface area contributed by atoms with Crippen LogP contribution in [0.2, 0.25) is 0 Å². The van der Waals surface area contributed by atoms with Crippen LogP contribution in [0.15, 0.2) is 79.5 Å². The summed E-state index contributed by atoms with van der Waals surface area (Å²) >= 11 is 8.04. The van der Waals surface area contributed by atoms with Crippen molar-refractivity contribution < 1.29 is 9.90 Å². The molecule has 1 saturated heterocycles. The van der Waals surface area contributed by atoms with E-state index in [0.717, 1.165) is 28.1 Å². The molecule has 0 radical (unpaired) electrons. The molecule has 7 heteroatoms. The number of anilines is 1. The van der Waals surface area contributed by atoms with Crippen molar-refractivity contribution in [3.05, 3.63) is 91.2 Å². The molecule has 0 saturated carbocycles. The Morgan fingerprint density at radius 1 is 0.968 bits per heavy atom. The highest BCUT2D eigenvalue weighted by atomic mass is 79.9. The van der Waals surface area contributed by atoms with Gasteiger partial charge in [0.25, 0.3) is 5.91 Å². The van der Waals surface area contributed by atoms with Gasteiger partial charge < -0.3 is 5.11 Å². The number of nitrogens with zero attached hydrogens (tertiary/aromatic N) is 2. The molecule has 4 nitrogen and oxygen atoms in total. The minimum atomic E-state index is -0.132. The van der Waals surface area contributed by atoms with E-state index in [1.165, 1.54) is 11.8 Å². The first kappa shape index (κ1) is 21.9. The molecule has 1 amide bonds. The number of rotatable bonds is 3. The van der Waals surface area contributed by atoms with Crippen molar-refractivity contribution in [2.75, 3.05) is 4.90 Å². The van der Waals surface area contributed by atoms with Crippen molar-refractivity contribution in [3.8, 4) is 5.75 Å². The number of carbonyl (C=O) groups is 1. The number of amides is 1. The van der Waals surface area contributed by atoms with Gasteiger partial charge in [0.1, 0.15) is 5.75 Å². The molecule has 3 aromatic carbocycles. The largest absolute Gasteiger partial charge is 0.506 e. The lowest BCUT2D eigenvalue weighted by molar-refractivity contribution is -0.113. The summed E-state index contributed by atoms with van der Waals surface area (Å²) in [5.41, 5.74) is 4.45. The highest BCUT2D eigenvalue weighted by molar-refractivity contribution is 9.11. The number of aliphatic imine (C=N–C) groups is 1. The number of phenols is 1. The fourth-order valence-electron chi connectivity index (χ4n) is 3.19. The molecule has 31 heavy (non-hydrogen) atoms. The van der Waals surface area contributed by atoms with Gasteiger partial charge in [-0.2, -0.15) is 0 Å². The van der Waals surface area contributed by atoms with E-state index in [4.69, 9.17) is 4.99 Å². The van der Waals surface area contributed by atoms with E-state index in [0.29, 0.717) is 19.0 Å². The molecular formula is C24H18Br2N2O2S. The molecule has 0 aromatic heterocycles. The van der Waals surface area contributed by atoms with Gasteiger partial charge in [0.2, 0.25) is 0 Å². The molecule has 0 unspecified atom stereocenters. The van der Waals surface area contributed by atoms with E-state index < -0.39 is 0 Å². The Labute approximate surface area is 202 Å². The van der Waals surface area contributed by atoms with Crippen LogP contribution in [0, 0.1) is 13.8 Å². The Kier molecular flexibility index (Phi) is 6.36. The molecule has 4 rings (SSSR count). The maximum atomic E-state index is 13.5. The third kappa shape index (κ3) is 4.49. The van der Waals surface area contributed by atoms with Crippen LogP contribution < -0.4 is 4.90 Å². The van der Waals surface area contributed by atoms with Gasteiger partial charge in [-0.25, -0.2) is 4.99 Å². The van der Waals surface area contributed by atoms with Crippen LogP contribution in [0.1, 0.15) is 16.7 Å². The van der Waals surface area contributed by atoms with E-state index in [-0.39, 0.29) is 11.7 Å². The Bertz CT molecular complexity index is 1230. The minimum absolute atomic E-state index is 0.121. The molecule has 0 spiro atoms. The number of aromatic hydroxyl groups is 1. The van der Waals surface area contributed by atoms with Gasteiger partial charge in [-0.3, -0.25) is 9.69 Å². The zero-order valence-corrected chi connectivity index (χ0v) is 20.8. The first-order chi connectivity index (χ1) is 14.8. The molecule has 0 atom stereocenters. The summed E-state index contributed by atoms with van der Waals surface area (Å²) in [5.74, 6) is -0.0113. The van der Waals surface area contributed by atoms with E-state index in [9.17, 15) is 9.90 Å². The number of aryl methyl sites for hydroxylation is 2. The lowest BCUT2D eigenvalue weighted by Gasteiger charge is -2.18. The Balaban J connectivity index is 1.83. The number of amidine groups is 1. The number of hydrogen-bond donors (Lipinski definition) is 1. The fraction of sp³-hybridized carbons (Fsp3) is 0.0833. The Morgan fingerprint density at radius 2 is 1.58 bits per heavy atom. The highest BCUT2D eigenvalue weighted by Gasteiger charge is 2.35. The first-order valence-electron chi connectivity index (χ1n) is 9.47. The van der Waals surface area contributed by atoms with Crippen LogP contribution in [0.4, 0.5) is 11.4 Å². The third-order valence-electron chi connectivity index (χ3n) is 4.83. The Morgan fingerprint density at radius 3 is 2.23 bits per heavy atom. The average Bonchev–Trinajstić information content (AvgIpc) is 3.03. The number of carbonyl (C=O) groups excluding carboxylic acids is 1. The second-order valence-electron chi connectivity index (χ2n) is 7.05. The van der Waals surface area contributed by atoms with Gasteiger partial charge in [-0.15, -0.1) is 0 Å². The van der Waals surface area contributed by atoms with Gasteiger partial charge in [0.05, 0.1) is 25.2 Å². The molecule has 1 heterocycles. The van der Waals surface area contributed by atoms with Crippen LogP contribution in [0.5, 0.6) is 5.75 Å². The van der Waals surface area contributed by atoms with Crippen LogP contribution >= 0.6 is 43.6 Å². The minimum Gasteiger partial charge on any atom is -0.506 e. The molecule has 156 valence electrons. The molecular weight excluding hydrogens is 540 g/mol. The van der Waals surface area contributed by atoms with Gasteiger partial charge in [0, 0.05) is 0 Å². The summed E-state index contributed by atoms with van der Waals surface area (Å²) in [6, 6.07) is 19.2. The molecule has 1 N–H and O–H groups in total. The van der Waals surface area contributed by atoms with Gasteiger partial charge >= 0.3 is 0 Å². The molecule has 3 aromatic rings. The highest BCUT2D eigenvalue weighted by Crippen LogP contribution is 2.40. The third-order valence-corrected chi connectivity index (χ3v) is 7.01. The van der Waals surface area contributed by atoms with E-state index in [1.807, 2.05) is 68.5 Å². The molecule has 0 aliphatic carbocycles. The van der Waals surface area contributed by atoms with E-state index >= 15 is 0 Å². The standard InChI is InChI=1S/C24H18Br2N2O2S/c1-14-7-3-5-9-19(14)27-24-28(20-10-6-4-8-15(20)2)23(30)21(31-24)13-16-11-17(25)22(29)18(26)12-16/h3-13,29H,1-2H3/b21-13-,27-24?. The van der Waals surface area contributed by atoms with Crippen molar-refractivity contribution in [1.82, 2.24) is 0 Å². The zero-order valence-electron chi connectivity index (χ0n) is 16.8. The van der Waals surface area contributed by atoms with Crippen molar-refractivity contribution in [2.24, 2.45) is 4.99 Å². The van der Waals surface area contributed by atoms with E-state index in [2.05, 4.69) is 31.9 Å². The maximum Gasteiger partial charge on any atom is 0.271 e. The normalized spacial score (nSPS) is 16.5. The number of thioether (sulfide) groups is 1. The summed E-state index contributed by atoms with van der Waals surface area (Å²) in [6.45, 7) is 3.98. The molecule has 1 aliphatic rings. The SMILES string of the molecule is Cc1ccccc1N=C1S/C(=C\c2cc(Br)c(O)c(Br)c2)C(=O)N1c1ccccc1C. The topological polar surface area (TPSA) is 52.9 Å². The molecule has 1 aliphatic heterocycles. The van der Waals surface area contributed by atoms with Gasteiger partial charge in [0.15, 0.2) is 5.17 Å². The first-order valence-corrected chi connectivity index (χ1v) is 11.9. The van der Waals surface area contributed by atoms with Gasteiger partial charge in [-0.05, 0) is 105 Å². The predicted octanol–water partition coefficient (Wildman–Crippen LogP) is 7.34. The van der Waals surface area contributed by atoms with Crippen molar-refractivity contribution >= 4 is 72.1 Å². The summed E-state index contributed by atoms with van der Waals surface area (Å²) < 4.78 is 1.10. The van der Waals surface area contributed by atoms with Gasteiger partial charge in [-0.1, -0.05) is 36.4 Å². The average molecular weight is 558 g/mol. The number of hydrogen-bond acceptors (Lipinski definition) is 4. The van der Waals surface area contributed by atoms with Crippen molar-refractivity contribution in [1.29, 1.82) is 0 Å². The molecule has 1 fully saturated rings. The smallest absolute Gasteiger partial charge is 0.271 e. The maximum absolute atomic E-state index is 13.5. The molecule has 0 bridgehead atoms. The quantitative estimate of drug-likeness (QED) is 0.343. The zero-order chi connectivity index (χ0) is 22.1. The van der Waals surface area contributed by atoms with Crippen LogP contribution in [0.3, 0.4) is 0 Å². The lowest BCUT2D eigenvalue weighted by atomic mass is 10.1. The summed E-state index contributed by atoms with van der Waals surface area (Å²) in [6.07, 6.45) is 1.81. The number of phenolic OH excluding ortho intramolecular Hbond substituents is 1. The summed E-state index contributed by atoms with van der Waals surface area (Å²) in [7, 11) is 0. The lowest BCUT2D eigenvalue weighted by Crippen LogP contribution is -2.29. The predicted molar refractivity (Wildman–Crippen MR) is 136 cm³/mol. The van der Waals surface area contributed by atoms with Crippen LogP contribution in [0.25, 0.3) is 6.08 Å². The van der Waals surface area contributed by atoms with E-state index in [1.54, 1.807) is 17.0 Å². The monoisotopic (exact) mass is 556 g/mol. The second-order valence-corrected chi connectivity index (χ2v) is 9.77. The summed E-state index contributed by atoms with van der Waals surface area (Å²) in [4.78, 5) is 20.5. The number of para-hydroxylation sites is 2. The van der Waals surface area contributed by atoms with Crippen molar-refractivity contribution in [3.63, 3.8) is 0 Å². The summed E-state index contributed by atoms with van der Waals surface area (Å²) in [5, 5.41) is 10.6. The second kappa shape index (κ2) is 9.02. The Hall–Kier alpha value is -2.35. The van der Waals surface area contributed by atoms with Crippen LogP contribution in [-0.2, 0) is 4.79 Å².